The SMILES string of the molecule is Cc1nnc(CN=C(NCC2CCCO2)NC2CCN(c3ccccc3)C2)n1C. The number of para-hydroxylation sites is 1. The molecule has 0 amide bonds. The van der Waals surface area contributed by atoms with E-state index in [-0.39, 0.29) is 6.10 Å². The van der Waals surface area contributed by atoms with Gasteiger partial charge in [-0.05, 0) is 38.3 Å². The lowest BCUT2D eigenvalue weighted by Gasteiger charge is -2.21. The average molecular weight is 398 g/mol. The largest absolute Gasteiger partial charge is 0.376 e. The molecule has 0 radical (unpaired) electrons. The van der Waals surface area contributed by atoms with Crippen LogP contribution in [0.3, 0.4) is 0 Å². The van der Waals surface area contributed by atoms with Gasteiger partial charge in [-0.25, -0.2) is 4.99 Å². The number of aliphatic imine (C=N–C) groups is 1. The highest BCUT2D eigenvalue weighted by Gasteiger charge is 2.24. The van der Waals surface area contributed by atoms with Crippen molar-refractivity contribution in [3.05, 3.63) is 42.0 Å². The Morgan fingerprint density at radius 3 is 2.83 bits per heavy atom. The Kier molecular flexibility index (Phi) is 6.29. The normalized spacial score (nSPS) is 22.3. The van der Waals surface area contributed by atoms with Gasteiger partial charge in [0, 0.05) is 45.0 Å². The molecule has 8 nitrogen and oxygen atoms in total. The fourth-order valence-electron chi connectivity index (χ4n) is 3.85. The van der Waals surface area contributed by atoms with E-state index in [1.165, 1.54) is 5.69 Å². The van der Waals surface area contributed by atoms with E-state index in [4.69, 9.17) is 9.73 Å². The maximum atomic E-state index is 5.75. The summed E-state index contributed by atoms with van der Waals surface area (Å²) in [5.41, 5.74) is 1.28. The monoisotopic (exact) mass is 397 g/mol. The van der Waals surface area contributed by atoms with Gasteiger partial charge in [0.15, 0.2) is 11.8 Å². The van der Waals surface area contributed by atoms with Gasteiger partial charge in [0.25, 0.3) is 0 Å². The molecule has 4 rings (SSSR count). The third-order valence-corrected chi connectivity index (χ3v) is 5.73. The summed E-state index contributed by atoms with van der Waals surface area (Å²) in [6.45, 7) is 6.09. The van der Waals surface area contributed by atoms with Gasteiger partial charge in [0.2, 0.25) is 0 Å². The van der Waals surface area contributed by atoms with Crippen molar-refractivity contribution in [1.29, 1.82) is 0 Å². The van der Waals surface area contributed by atoms with Gasteiger partial charge < -0.3 is 24.8 Å². The number of hydrogen-bond acceptors (Lipinski definition) is 5. The minimum atomic E-state index is 0.267. The van der Waals surface area contributed by atoms with Gasteiger partial charge in [0.05, 0.1) is 6.10 Å². The summed E-state index contributed by atoms with van der Waals surface area (Å²) in [6.07, 6.45) is 3.59. The Labute approximate surface area is 172 Å². The lowest BCUT2D eigenvalue weighted by molar-refractivity contribution is 0.113. The first-order chi connectivity index (χ1) is 14.2. The Morgan fingerprint density at radius 1 is 1.24 bits per heavy atom. The van der Waals surface area contributed by atoms with Gasteiger partial charge in [-0.2, -0.15) is 0 Å². The van der Waals surface area contributed by atoms with Crippen molar-refractivity contribution in [2.75, 3.05) is 31.1 Å². The Morgan fingerprint density at radius 2 is 2.10 bits per heavy atom. The molecule has 2 fully saturated rings. The van der Waals surface area contributed by atoms with Crippen LogP contribution in [0.1, 0.15) is 30.9 Å². The van der Waals surface area contributed by atoms with Crippen molar-refractivity contribution in [2.24, 2.45) is 12.0 Å². The highest BCUT2D eigenvalue weighted by atomic mass is 16.5. The van der Waals surface area contributed by atoms with Crippen LogP contribution in [0.4, 0.5) is 5.69 Å². The van der Waals surface area contributed by atoms with Crippen LogP contribution in [0.25, 0.3) is 0 Å². The van der Waals surface area contributed by atoms with Crippen LogP contribution >= 0.6 is 0 Å². The van der Waals surface area contributed by atoms with Crippen LogP contribution in [0.15, 0.2) is 35.3 Å². The summed E-state index contributed by atoms with van der Waals surface area (Å²) in [4.78, 5) is 7.21. The predicted octanol–water partition coefficient (Wildman–Crippen LogP) is 1.62. The van der Waals surface area contributed by atoms with Crippen molar-refractivity contribution in [1.82, 2.24) is 25.4 Å². The molecule has 1 aromatic heterocycles. The number of aryl methyl sites for hydroxylation is 1. The molecule has 2 aliphatic rings. The van der Waals surface area contributed by atoms with Gasteiger partial charge in [-0.15, -0.1) is 10.2 Å². The second kappa shape index (κ2) is 9.26. The standard InChI is InChI=1S/C21H31N7O/c1-16-25-26-20(27(16)2)14-23-21(22-13-19-9-6-12-29-19)24-17-10-11-28(15-17)18-7-4-3-5-8-18/h3-5,7-8,17,19H,6,9-15H2,1-2H3,(H2,22,23,24). The van der Waals surface area contributed by atoms with E-state index in [9.17, 15) is 0 Å². The molecule has 2 aromatic rings. The molecule has 8 heteroatoms. The van der Waals surface area contributed by atoms with Crippen LogP contribution < -0.4 is 15.5 Å². The molecule has 2 atom stereocenters. The number of guanidine groups is 1. The maximum Gasteiger partial charge on any atom is 0.192 e. The van der Waals surface area contributed by atoms with Crippen LogP contribution in [-0.4, -0.2) is 59.1 Å². The summed E-state index contributed by atoms with van der Waals surface area (Å²) in [5.74, 6) is 2.57. The zero-order valence-electron chi connectivity index (χ0n) is 17.3. The quantitative estimate of drug-likeness (QED) is 0.570. The highest BCUT2D eigenvalue weighted by molar-refractivity contribution is 5.80. The van der Waals surface area contributed by atoms with Crippen molar-refractivity contribution in [2.45, 2.75) is 44.9 Å². The van der Waals surface area contributed by atoms with E-state index in [1.54, 1.807) is 0 Å². The van der Waals surface area contributed by atoms with Crippen LogP contribution in [-0.2, 0) is 18.3 Å². The molecule has 2 N–H and O–H groups in total. The van der Waals surface area contributed by atoms with Crippen molar-refractivity contribution < 1.29 is 4.74 Å². The topological polar surface area (TPSA) is 79.6 Å². The highest BCUT2D eigenvalue weighted by Crippen LogP contribution is 2.19. The molecule has 156 valence electrons. The van der Waals surface area contributed by atoms with Gasteiger partial charge in [0.1, 0.15) is 12.4 Å². The van der Waals surface area contributed by atoms with Crippen molar-refractivity contribution in [3.8, 4) is 0 Å². The fraction of sp³-hybridized carbons (Fsp3) is 0.571. The first kappa shape index (κ1) is 19.7. The molecule has 1 aromatic carbocycles. The molecule has 2 unspecified atom stereocenters. The average Bonchev–Trinajstić information content (AvgIpc) is 3.49. The minimum absolute atomic E-state index is 0.267. The molecule has 29 heavy (non-hydrogen) atoms. The molecular weight excluding hydrogens is 366 g/mol. The van der Waals surface area contributed by atoms with E-state index in [0.29, 0.717) is 12.6 Å². The van der Waals surface area contributed by atoms with E-state index in [0.717, 1.165) is 63.1 Å². The number of ether oxygens (including phenoxy) is 1. The molecule has 3 heterocycles. The number of rotatable bonds is 6. The maximum absolute atomic E-state index is 5.75. The lowest BCUT2D eigenvalue weighted by atomic mass is 10.2. The van der Waals surface area contributed by atoms with Crippen LogP contribution in [0, 0.1) is 6.92 Å². The summed E-state index contributed by atoms with van der Waals surface area (Å²) >= 11 is 0. The third kappa shape index (κ3) is 5.06. The molecule has 0 saturated carbocycles. The van der Waals surface area contributed by atoms with Crippen molar-refractivity contribution in [3.63, 3.8) is 0 Å². The van der Waals surface area contributed by atoms with Gasteiger partial charge in [-0.3, -0.25) is 0 Å². The zero-order chi connectivity index (χ0) is 20.1. The van der Waals surface area contributed by atoms with E-state index in [1.807, 2.05) is 18.5 Å². The molecule has 0 spiro atoms. The fourth-order valence-corrected chi connectivity index (χ4v) is 3.85. The van der Waals surface area contributed by atoms with E-state index < -0.39 is 0 Å². The first-order valence-corrected chi connectivity index (χ1v) is 10.5. The zero-order valence-corrected chi connectivity index (χ0v) is 17.3. The summed E-state index contributed by atoms with van der Waals surface area (Å²) in [7, 11) is 1.97. The second-order valence-electron chi connectivity index (χ2n) is 7.81. The smallest absolute Gasteiger partial charge is 0.192 e. The first-order valence-electron chi connectivity index (χ1n) is 10.5. The Balaban J connectivity index is 1.39. The molecule has 2 aliphatic heterocycles. The number of anilines is 1. The van der Waals surface area contributed by atoms with Crippen LogP contribution in [0.2, 0.25) is 0 Å². The molecule has 0 aliphatic carbocycles. The third-order valence-electron chi connectivity index (χ3n) is 5.73. The van der Waals surface area contributed by atoms with E-state index >= 15 is 0 Å². The minimum Gasteiger partial charge on any atom is -0.376 e. The summed E-state index contributed by atoms with van der Waals surface area (Å²) < 4.78 is 7.73. The van der Waals surface area contributed by atoms with Crippen LogP contribution in [0.5, 0.6) is 0 Å². The van der Waals surface area contributed by atoms with E-state index in [2.05, 4.69) is 56.1 Å². The number of hydrogen-bond donors (Lipinski definition) is 2. The number of nitrogens with one attached hydrogen (secondary N) is 2. The van der Waals surface area contributed by atoms with Gasteiger partial charge >= 0.3 is 0 Å². The number of benzene rings is 1. The van der Waals surface area contributed by atoms with Gasteiger partial charge in [-0.1, -0.05) is 18.2 Å². The molecule has 2 saturated heterocycles. The predicted molar refractivity (Wildman–Crippen MR) is 114 cm³/mol. The summed E-state index contributed by atoms with van der Waals surface area (Å²) in [5, 5.41) is 15.4. The summed E-state index contributed by atoms with van der Waals surface area (Å²) in [6, 6.07) is 10.9. The Bertz CT molecular complexity index is 814. The number of aromatic nitrogens is 3. The Hall–Kier alpha value is -2.61. The molecule has 0 bridgehead atoms. The molecular formula is C21H31N7O. The second-order valence-corrected chi connectivity index (χ2v) is 7.81. The van der Waals surface area contributed by atoms with Crippen molar-refractivity contribution >= 4 is 11.6 Å². The lowest BCUT2D eigenvalue weighted by Crippen LogP contribution is -2.46. The number of nitrogens with zero attached hydrogens (tertiary/aromatic N) is 5.